The average Bonchev–Trinajstić information content (AvgIpc) is 3.12. The maximum Gasteiger partial charge on any atom is 0.228 e. The molecule has 1 aliphatic rings. The van der Waals surface area contributed by atoms with Crippen molar-refractivity contribution in [3.8, 4) is 5.88 Å². The first-order valence-electron chi connectivity index (χ1n) is 7.40. The Labute approximate surface area is 134 Å². The zero-order valence-corrected chi connectivity index (χ0v) is 13.4. The number of nitrogens with zero attached hydrogens (tertiary/aromatic N) is 5. The molecule has 122 valence electrons. The van der Waals surface area contributed by atoms with E-state index in [0.29, 0.717) is 24.9 Å². The van der Waals surface area contributed by atoms with Gasteiger partial charge in [-0.2, -0.15) is 10.1 Å². The van der Waals surface area contributed by atoms with E-state index in [0.717, 1.165) is 11.3 Å². The third-order valence-electron chi connectivity index (χ3n) is 4.15. The summed E-state index contributed by atoms with van der Waals surface area (Å²) >= 11 is 0. The van der Waals surface area contributed by atoms with Crippen LogP contribution < -0.4 is 15.4 Å². The molecule has 1 amide bonds. The van der Waals surface area contributed by atoms with Crippen LogP contribution in [0.5, 0.6) is 5.88 Å². The molecular formula is C15H20N6O2. The number of aryl methyl sites for hydroxylation is 2. The number of rotatable bonds is 4. The molecule has 3 heterocycles. The van der Waals surface area contributed by atoms with E-state index in [1.54, 1.807) is 24.1 Å². The molecule has 8 heteroatoms. The molecule has 2 atom stereocenters. The summed E-state index contributed by atoms with van der Waals surface area (Å²) in [4.78, 5) is 22.7. The zero-order valence-electron chi connectivity index (χ0n) is 13.4. The minimum Gasteiger partial charge on any atom is -0.481 e. The Morgan fingerprint density at radius 1 is 1.39 bits per heavy atom. The molecule has 0 aliphatic carbocycles. The average molecular weight is 316 g/mol. The molecule has 2 N–H and O–H groups in total. The number of primary amides is 1. The third-order valence-corrected chi connectivity index (χ3v) is 4.15. The largest absolute Gasteiger partial charge is 0.481 e. The van der Waals surface area contributed by atoms with Crippen molar-refractivity contribution in [2.24, 2.45) is 18.7 Å². The molecule has 0 radical (unpaired) electrons. The molecule has 23 heavy (non-hydrogen) atoms. The summed E-state index contributed by atoms with van der Waals surface area (Å²) in [6, 6.07) is 1.77. The van der Waals surface area contributed by atoms with Crippen LogP contribution in [0.15, 0.2) is 18.5 Å². The van der Waals surface area contributed by atoms with Gasteiger partial charge in [-0.25, -0.2) is 4.98 Å². The number of aromatic nitrogens is 4. The van der Waals surface area contributed by atoms with Crippen molar-refractivity contribution in [2.45, 2.75) is 12.8 Å². The number of nitrogens with two attached hydrogens (primary N) is 1. The molecule has 0 aromatic carbocycles. The van der Waals surface area contributed by atoms with Gasteiger partial charge in [0.1, 0.15) is 0 Å². The lowest BCUT2D eigenvalue weighted by atomic mass is 9.90. The molecule has 1 aliphatic heterocycles. The second kappa shape index (κ2) is 5.86. The van der Waals surface area contributed by atoms with E-state index in [1.165, 1.54) is 0 Å². The van der Waals surface area contributed by atoms with Gasteiger partial charge in [-0.3, -0.25) is 9.48 Å². The summed E-state index contributed by atoms with van der Waals surface area (Å²) in [6.07, 6.45) is 3.70. The van der Waals surface area contributed by atoms with Gasteiger partial charge >= 0.3 is 0 Å². The van der Waals surface area contributed by atoms with Gasteiger partial charge < -0.3 is 15.4 Å². The Bertz CT molecular complexity index is 729. The van der Waals surface area contributed by atoms with Crippen LogP contribution in [0, 0.1) is 12.8 Å². The highest BCUT2D eigenvalue weighted by molar-refractivity contribution is 5.79. The number of amides is 1. The van der Waals surface area contributed by atoms with E-state index in [-0.39, 0.29) is 17.7 Å². The highest BCUT2D eigenvalue weighted by atomic mass is 16.5. The van der Waals surface area contributed by atoms with Crippen LogP contribution in [0.1, 0.15) is 17.2 Å². The summed E-state index contributed by atoms with van der Waals surface area (Å²) < 4.78 is 6.93. The number of anilines is 1. The van der Waals surface area contributed by atoms with E-state index in [9.17, 15) is 4.79 Å². The first-order chi connectivity index (χ1) is 11.0. The predicted molar refractivity (Wildman–Crippen MR) is 84.2 cm³/mol. The maximum atomic E-state index is 11.9. The molecule has 8 nitrogen and oxygen atoms in total. The molecule has 2 aromatic rings. The quantitative estimate of drug-likeness (QED) is 0.867. The summed E-state index contributed by atoms with van der Waals surface area (Å²) in [5.41, 5.74) is 7.41. The topological polar surface area (TPSA) is 99.2 Å². The fourth-order valence-electron chi connectivity index (χ4n) is 3.00. The standard InChI is InChI=1S/C15H20N6O2/c1-9-4-13(23-3)19-15(18-9)21-7-11(12(8-21)14(16)22)10-5-17-20(2)6-10/h4-6,11-12H,7-8H2,1-3H3,(H2,16,22)/t11-,12+/m1/s1. The molecule has 1 fully saturated rings. The highest BCUT2D eigenvalue weighted by Gasteiger charge is 2.39. The molecule has 1 saturated heterocycles. The first-order valence-corrected chi connectivity index (χ1v) is 7.40. The molecule has 2 aromatic heterocycles. The zero-order chi connectivity index (χ0) is 16.6. The number of carbonyl (C=O) groups excluding carboxylic acids is 1. The van der Waals surface area contributed by atoms with Gasteiger partial charge in [-0.05, 0) is 12.5 Å². The van der Waals surface area contributed by atoms with Gasteiger partial charge in [-0.15, -0.1) is 0 Å². The van der Waals surface area contributed by atoms with Crippen LogP contribution in [0.2, 0.25) is 0 Å². The van der Waals surface area contributed by atoms with Crippen LogP contribution >= 0.6 is 0 Å². The molecular weight excluding hydrogens is 296 g/mol. The van der Waals surface area contributed by atoms with Crippen molar-refractivity contribution in [2.75, 3.05) is 25.1 Å². The van der Waals surface area contributed by atoms with E-state index >= 15 is 0 Å². The number of ether oxygens (including phenoxy) is 1. The van der Waals surface area contributed by atoms with Crippen LogP contribution in [0.4, 0.5) is 5.95 Å². The monoisotopic (exact) mass is 316 g/mol. The van der Waals surface area contributed by atoms with Crippen molar-refractivity contribution >= 4 is 11.9 Å². The fraction of sp³-hybridized carbons (Fsp3) is 0.467. The van der Waals surface area contributed by atoms with Crippen LogP contribution in [-0.2, 0) is 11.8 Å². The van der Waals surface area contributed by atoms with Gasteiger partial charge in [0.2, 0.25) is 17.7 Å². The Hall–Kier alpha value is -2.64. The Morgan fingerprint density at radius 2 is 2.17 bits per heavy atom. The fourth-order valence-corrected chi connectivity index (χ4v) is 3.00. The van der Waals surface area contributed by atoms with E-state index in [2.05, 4.69) is 15.1 Å². The second-order valence-corrected chi connectivity index (χ2v) is 5.82. The minimum atomic E-state index is -0.319. The Morgan fingerprint density at radius 3 is 2.78 bits per heavy atom. The Kier molecular flexibility index (Phi) is 3.89. The lowest BCUT2D eigenvalue weighted by molar-refractivity contribution is -0.121. The second-order valence-electron chi connectivity index (χ2n) is 5.82. The highest BCUT2D eigenvalue weighted by Crippen LogP contribution is 2.34. The number of hydrogen-bond acceptors (Lipinski definition) is 6. The molecule has 0 unspecified atom stereocenters. The van der Waals surface area contributed by atoms with Gasteiger partial charge in [0, 0.05) is 44.0 Å². The van der Waals surface area contributed by atoms with Crippen molar-refractivity contribution in [1.82, 2.24) is 19.7 Å². The third kappa shape index (κ3) is 2.96. The Balaban J connectivity index is 1.91. The van der Waals surface area contributed by atoms with Crippen LogP contribution in [0.3, 0.4) is 0 Å². The normalized spacial score (nSPS) is 20.7. The SMILES string of the molecule is COc1cc(C)nc(N2C[C@H](C(N)=O)[C@@H](c3cnn(C)c3)C2)n1. The molecule has 0 spiro atoms. The number of hydrogen-bond donors (Lipinski definition) is 1. The van der Waals surface area contributed by atoms with Gasteiger partial charge in [0.25, 0.3) is 0 Å². The van der Waals surface area contributed by atoms with Crippen molar-refractivity contribution in [3.63, 3.8) is 0 Å². The lowest BCUT2D eigenvalue weighted by Gasteiger charge is -2.17. The lowest BCUT2D eigenvalue weighted by Crippen LogP contribution is -2.29. The molecule has 0 bridgehead atoms. The van der Waals surface area contributed by atoms with Gasteiger partial charge in [0.05, 0.1) is 19.2 Å². The van der Waals surface area contributed by atoms with Crippen molar-refractivity contribution < 1.29 is 9.53 Å². The maximum absolute atomic E-state index is 11.9. The smallest absolute Gasteiger partial charge is 0.228 e. The molecule has 3 rings (SSSR count). The van der Waals surface area contributed by atoms with E-state index < -0.39 is 0 Å². The first kappa shape index (κ1) is 15.3. The minimum absolute atomic E-state index is 0.0173. The summed E-state index contributed by atoms with van der Waals surface area (Å²) in [7, 11) is 3.42. The van der Waals surface area contributed by atoms with Crippen LogP contribution in [0.25, 0.3) is 0 Å². The number of carbonyl (C=O) groups is 1. The van der Waals surface area contributed by atoms with Crippen LogP contribution in [-0.4, -0.2) is 45.9 Å². The van der Waals surface area contributed by atoms with E-state index in [4.69, 9.17) is 10.5 Å². The summed E-state index contributed by atoms with van der Waals surface area (Å²) in [6.45, 7) is 2.99. The summed E-state index contributed by atoms with van der Waals surface area (Å²) in [5.74, 6) is 0.430. The van der Waals surface area contributed by atoms with Gasteiger partial charge in [-0.1, -0.05) is 0 Å². The predicted octanol–water partition coefficient (Wildman–Crippen LogP) is 0.232. The number of methoxy groups -OCH3 is 1. The van der Waals surface area contributed by atoms with Gasteiger partial charge in [0.15, 0.2) is 0 Å². The molecule has 0 saturated carbocycles. The van der Waals surface area contributed by atoms with E-state index in [1.807, 2.05) is 25.1 Å². The van der Waals surface area contributed by atoms with Crippen molar-refractivity contribution in [1.29, 1.82) is 0 Å². The van der Waals surface area contributed by atoms with Crippen molar-refractivity contribution in [3.05, 3.63) is 29.7 Å². The summed E-state index contributed by atoms with van der Waals surface area (Å²) in [5, 5.41) is 4.19.